The van der Waals surface area contributed by atoms with Crippen LogP contribution >= 0.6 is 11.6 Å². The zero-order valence-electron chi connectivity index (χ0n) is 19.5. The fourth-order valence-corrected chi connectivity index (χ4v) is 3.96. The van der Waals surface area contributed by atoms with E-state index in [0.717, 1.165) is 0 Å². The maximum atomic E-state index is 13.7. The van der Waals surface area contributed by atoms with Crippen molar-refractivity contribution in [2.75, 3.05) is 23.3 Å². The minimum absolute atomic E-state index is 0.247. The lowest BCUT2D eigenvalue weighted by molar-refractivity contribution is -0.117. The van der Waals surface area contributed by atoms with E-state index in [-0.39, 0.29) is 23.1 Å². The summed E-state index contributed by atoms with van der Waals surface area (Å²) in [7, 11) is 0. The van der Waals surface area contributed by atoms with Gasteiger partial charge in [0, 0.05) is 22.7 Å². The van der Waals surface area contributed by atoms with Crippen molar-refractivity contribution in [1.82, 2.24) is 5.32 Å². The van der Waals surface area contributed by atoms with Crippen molar-refractivity contribution in [2.24, 2.45) is 11.1 Å². The number of halogens is 1. The van der Waals surface area contributed by atoms with Gasteiger partial charge >= 0.3 is 0 Å². The summed E-state index contributed by atoms with van der Waals surface area (Å²) in [6.07, 6.45) is 0. The second-order valence-corrected chi connectivity index (χ2v) is 9.70. The van der Waals surface area contributed by atoms with Gasteiger partial charge in [-0.05, 0) is 60.0 Å². The zero-order valence-corrected chi connectivity index (χ0v) is 20.3. The van der Waals surface area contributed by atoms with Crippen LogP contribution in [-0.4, -0.2) is 30.8 Å². The number of anilines is 2. The molecule has 1 heterocycles. The summed E-state index contributed by atoms with van der Waals surface area (Å²) in [5.41, 5.74) is 7.82. The number of rotatable bonds is 6. The van der Waals surface area contributed by atoms with E-state index in [2.05, 4.69) is 10.6 Å². The smallest absolute Gasteiger partial charge is 0.259 e. The van der Waals surface area contributed by atoms with E-state index < -0.39 is 6.04 Å². The van der Waals surface area contributed by atoms with Crippen LogP contribution in [0.5, 0.6) is 0 Å². The molecule has 180 valence electrons. The first-order valence-electron chi connectivity index (χ1n) is 11.3. The number of nitrogens with zero attached hydrogens (tertiary/aromatic N) is 1. The molecule has 1 unspecified atom stereocenters. The van der Waals surface area contributed by atoms with Crippen molar-refractivity contribution >= 4 is 40.7 Å². The number of carbonyl (C=O) groups excluding carboxylic acids is 3. The van der Waals surface area contributed by atoms with Crippen molar-refractivity contribution in [2.45, 2.75) is 19.9 Å². The van der Waals surface area contributed by atoms with Crippen molar-refractivity contribution in [3.8, 4) is 0 Å². The van der Waals surface area contributed by atoms with Crippen LogP contribution in [0.1, 0.15) is 46.2 Å². The fraction of sp³-hybridized carbons (Fsp3) is 0.222. The van der Waals surface area contributed by atoms with Crippen LogP contribution in [0.15, 0.2) is 72.8 Å². The van der Waals surface area contributed by atoms with Gasteiger partial charge in [0.05, 0.1) is 11.4 Å². The van der Waals surface area contributed by atoms with Gasteiger partial charge in [-0.15, -0.1) is 0 Å². The Morgan fingerprint density at radius 3 is 2.34 bits per heavy atom. The van der Waals surface area contributed by atoms with E-state index in [9.17, 15) is 14.4 Å². The first kappa shape index (κ1) is 24.4. The quantitative estimate of drug-likeness (QED) is 0.476. The number of hydrogen-bond donors (Lipinski definition) is 3. The molecule has 4 N–H and O–H groups in total. The van der Waals surface area contributed by atoms with Gasteiger partial charge in [-0.3, -0.25) is 19.3 Å². The Bertz CT molecular complexity index is 1260. The molecule has 3 amide bonds. The van der Waals surface area contributed by atoms with Crippen LogP contribution in [0.25, 0.3) is 0 Å². The third-order valence-electron chi connectivity index (χ3n) is 5.99. The molecule has 0 saturated carbocycles. The molecular weight excluding hydrogens is 464 g/mol. The molecule has 7 nitrogen and oxygen atoms in total. The summed E-state index contributed by atoms with van der Waals surface area (Å²) in [4.78, 5) is 41.2. The molecule has 0 saturated heterocycles. The molecule has 0 bridgehead atoms. The van der Waals surface area contributed by atoms with Crippen molar-refractivity contribution in [3.63, 3.8) is 0 Å². The lowest BCUT2D eigenvalue weighted by atomic mass is 9.94. The van der Waals surface area contributed by atoms with Gasteiger partial charge in [-0.25, -0.2) is 0 Å². The lowest BCUT2D eigenvalue weighted by Crippen LogP contribution is -2.45. The van der Waals surface area contributed by atoms with Gasteiger partial charge in [0.15, 0.2) is 0 Å². The highest BCUT2D eigenvalue weighted by atomic mass is 35.5. The fourth-order valence-electron chi connectivity index (χ4n) is 3.83. The number of carbonyl (C=O) groups is 3. The predicted molar refractivity (Wildman–Crippen MR) is 138 cm³/mol. The number of nitrogens with two attached hydrogens (primary N) is 1. The van der Waals surface area contributed by atoms with E-state index in [1.807, 2.05) is 32.0 Å². The Morgan fingerprint density at radius 2 is 1.69 bits per heavy atom. The van der Waals surface area contributed by atoms with Gasteiger partial charge in [0.1, 0.15) is 6.04 Å². The van der Waals surface area contributed by atoms with Crippen LogP contribution in [0.3, 0.4) is 0 Å². The molecule has 0 radical (unpaired) electrons. The van der Waals surface area contributed by atoms with Crippen LogP contribution < -0.4 is 21.3 Å². The largest absolute Gasteiger partial charge is 0.351 e. The van der Waals surface area contributed by atoms with E-state index in [1.54, 1.807) is 54.6 Å². The van der Waals surface area contributed by atoms with E-state index in [4.69, 9.17) is 17.3 Å². The number of fused-ring (bicyclic) bond motifs is 1. The maximum Gasteiger partial charge on any atom is 0.259 e. The third kappa shape index (κ3) is 5.21. The van der Waals surface area contributed by atoms with E-state index in [1.165, 1.54) is 4.90 Å². The standard InChI is InChI=1S/C27H27ClN4O3/c1-27(2,15-29)16-30-24(33)19-10-13-22-21(14-19)31-25(34)23(17-6-4-3-5-7-17)32(22)26(35)18-8-11-20(28)12-9-18/h3-14,23H,15-16,29H2,1-2H3,(H,30,33)(H,31,34). The average molecular weight is 491 g/mol. The Morgan fingerprint density at radius 1 is 1.03 bits per heavy atom. The van der Waals surface area contributed by atoms with Crippen LogP contribution in [0.4, 0.5) is 11.4 Å². The minimum atomic E-state index is -0.878. The molecule has 0 fully saturated rings. The minimum Gasteiger partial charge on any atom is -0.351 e. The summed E-state index contributed by atoms with van der Waals surface area (Å²) < 4.78 is 0. The van der Waals surface area contributed by atoms with Gasteiger partial charge < -0.3 is 16.4 Å². The average Bonchev–Trinajstić information content (AvgIpc) is 2.86. The molecule has 4 rings (SSSR count). The molecule has 1 atom stereocenters. The van der Waals surface area contributed by atoms with E-state index >= 15 is 0 Å². The summed E-state index contributed by atoms with van der Waals surface area (Å²) in [5.74, 6) is -1.01. The Kier molecular flexibility index (Phi) is 6.91. The van der Waals surface area contributed by atoms with Crippen LogP contribution in [-0.2, 0) is 4.79 Å². The molecule has 3 aromatic carbocycles. The number of benzene rings is 3. The molecular formula is C27H27ClN4O3. The topological polar surface area (TPSA) is 105 Å². The first-order valence-corrected chi connectivity index (χ1v) is 11.7. The monoisotopic (exact) mass is 490 g/mol. The Labute approximate surface area is 209 Å². The highest BCUT2D eigenvalue weighted by molar-refractivity contribution is 6.30. The Hall–Kier alpha value is -3.68. The lowest BCUT2D eigenvalue weighted by Gasteiger charge is -2.37. The predicted octanol–water partition coefficient (Wildman–Crippen LogP) is 4.39. The van der Waals surface area contributed by atoms with Crippen LogP contribution in [0, 0.1) is 5.41 Å². The molecule has 35 heavy (non-hydrogen) atoms. The van der Waals surface area contributed by atoms with Gasteiger partial charge in [-0.1, -0.05) is 55.8 Å². The molecule has 8 heteroatoms. The zero-order chi connectivity index (χ0) is 25.2. The van der Waals surface area contributed by atoms with Crippen molar-refractivity contribution in [1.29, 1.82) is 0 Å². The summed E-state index contributed by atoms with van der Waals surface area (Å²) >= 11 is 6.01. The summed E-state index contributed by atoms with van der Waals surface area (Å²) in [5, 5.41) is 6.27. The SMILES string of the molecule is CC(C)(CN)CNC(=O)c1ccc2c(c1)NC(=O)C(c1ccccc1)N2C(=O)c1ccc(Cl)cc1. The molecule has 3 aromatic rings. The second kappa shape index (κ2) is 9.90. The summed E-state index contributed by atoms with van der Waals surface area (Å²) in [6, 6.07) is 19.6. The highest BCUT2D eigenvalue weighted by Crippen LogP contribution is 2.40. The van der Waals surface area contributed by atoms with Crippen LogP contribution in [0.2, 0.25) is 5.02 Å². The molecule has 1 aliphatic rings. The molecule has 1 aliphatic heterocycles. The summed E-state index contributed by atoms with van der Waals surface area (Å²) in [6.45, 7) is 4.76. The number of hydrogen-bond acceptors (Lipinski definition) is 4. The van der Waals surface area contributed by atoms with Gasteiger partial charge in [-0.2, -0.15) is 0 Å². The first-order chi connectivity index (χ1) is 16.7. The van der Waals surface area contributed by atoms with E-state index in [0.29, 0.717) is 46.2 Å². The Balaban J connectivity index is 1.73. The number of nitrogens with one attached hydrogen (secondary N) is 2. The molecule has 0 aliphatic carbocycles. The normalized spacial score (nSPS) is 15.3. The van der Waals surface area contributed by atoms with Gasteiger partial charge in [0.25, 0.3) is 17.7 Å². The molecule has 0 spiro atoms. The van der Waals surface area contributed by atoms with Crippen molar-refractivity contribution in [3.05, 3.63) is 94.5 Å². The third-order valence-corrected chi connectivity index (χ3v) is 6.24. The maximum absolute atomic E-state index is 13.7. The molecule has 0 aromatic heterocycles. The highest BCUT2D eigenvalue weighted by Gasteiger charge is 2.38. The second-order valence-electron chi connectivity index (χ2n) is 9.27. The van der Waals surface area contributed by atoms with Gasteiger partial charge in [0.2, 0.25) is 0 Å². The van der Waals surface area contributed by atoms with Crippen molar-refractivity contribution < 1.29 is 14.4 Å². The number of amides is 3.